The number of nitrogens with one attached hydrogen (secondary N) is 1. The van der Waals surface area contributed by atoms with Crippen LogP contribution in [0, 0.1) is 5.92 Å². The van der Waals surface area contributed by atoms with E-state index in [1.165, 1.54) is 0 Å². The van der Waals surface area contributed by atoms with Gasteiger partial charge in [-0.1, -0.05) is 13.8 Å². The minimum Gasteiger partial charge on any atom is -0.432 e. The average Bonchev–Trinajstić information content (AvgIpc) is 2.22. The molecule has 0 aliphatic heterocycles. The van der Waals surface area contributed by atoms with E-state index in [0.717, 1.165) is 12.1 Å². The lowest BCUT2D eigenvalue weighted by Gasteiger charge is -2.12. The first-order chi connectivity index (χ1) is 8.40. The van der Waals surface area contributed by atoms with Crippen molar-refractivity contribution in [3.63, 3.8) is 0 Å². The van der Waals surface area contributed by atoms with Crippen LogP contribution in [0.15, 0.2) is 21.1 Å². The Bertz CT molecular complexity index is 377. The van der Waals surface area contributed by atoms with E-state index >= 15 is 0 Å². The Morgan fingerprint density at radius 1 is 1.22 bits per heavy atom. The molecule has 18 heavy (non-hydrogen) atoms. The number of hydrogen-bond donors (Lipinski definition) is 1. The zero-order valence-electron chi connectivity index (χ0n) is 10.1. The standard InChI is InChI=1S/C12H15Br2F2NO/c1-7(2)5-17-6-8-3-9(13)11(10(14)4-8)18-12(15)16/h3-4,7,12,17H,5-6H2,1-2H3. The van der Waals surface area contributed by atoms with Crippen molar-refractivity contribution >= 4 is 31.9 Å². The van der Waals surface area contributed by atoms with Gasteiger partial charge in [-0.25, -0.2) is 0 Å². The van der Waals surface area contributed by atoms with Gasteiger partial charge in [-0.3, -0.25) is 0 Å². The number of halogens is 4. The van der Waals surface area contributed by atoms with E-state index in [0.29, 0.717) is 21.4 Å². The molecule has 1 rings (SSSR count). The highest BCUT2D eigenvalue weighted by molar-refractivity contribution is 9.11. The maximum Gasteiger partial charge on any atom is 0.387 e. The van der Waals surface area contributed by atoms with Crippen molar-refractivity contribution in [2.75, 3.05) is 6.54 Å². The van der Waals surface area contributed by atoms with Crippen LogP contribution in [0.5, 0.6) is 5.75 Å². The molecule has 0 heterocycles. The number of ether oxygens (including phenoxy) is 1. The van der Waals surface area contributed by atoms with Gasteiger partial charge >= 0.3 is 6.61 Å². The van der Waals surface area contributed by atoms with E-state index in [9.17, 15) is 8.78 Å². The first-order valence-electron chi connectivity index (χ1n) is 5.53. The summed E-state index contributed by atoms with van der Waals surface area (Å²) in [6, 6.07) is 3.55. The van der Waals surface area contributed by atoms with E-state index in [2.05, 4.69) is 55.8 Å². The summed E-state index contributed by atoms with van der Waals surface area (Å²) in [6.45, 7) is 3.01. The molecule has 0 fully saturated rings. The Morgan fingerprint density at radius 2 is 1.78 bits per heavy atom. The molecule has 2 nitrogen and oxygen atoms in total. The van der Waals surface area contributed by atoms with Crippen LogP contribution in [0.25, 0.3) is 0 Å². The second-order valence-corrected chi connectivity index (χ2v) is 6.00. The zero-order valence-corrected chi connectivity index (χ0v) is 13.3. The Labute approximate surface area is 122 Å². The van der Waals surface area contributed by atoms with E-state index in [-0.39, 0.29) is 5.75 Å². The first kappa shape index (κ1) is 15.9. The van der Waals surface area contributed by atoms with E-state index in [4.69, 9.17) is 0 Å². The summed E-state index contributed by atoms with van der Waals surface area (Å²) in [4.78, 5) is 0. The van der Waals surface area contributed by atoms with Gasteiger partial charge in [0.15, 0.2) is 5.75 Å². The van der Waals surface area contributed by atoms with Gasteiger partial charge in [-0.2, -0.15) is 8.78 Å². The molecule has 0 saturated carbocycles. The van der Waals surface area contributed by atoms with Crippen molar-refractivity contribution in [1.29, 1.82) is 0 Å². The molecule has 0 bridgehead atoms. The zero-order chi connectivity index (χ0) is 13.7. The third-order valence-electron chi connectivity index (χ3n) is 2.15. The van der Waals surface area contributed by atoms with Crippen molar-refractivity contribution < 1.29 is 13.5 Å². The predicted molar refractivity (Wildman–Crippen MR) is 75.0 cm³/mol. The highest BCUT2D eigenvalue weighted by atomic mass is 79.9. The second kappa shape index (κ2) is 7.40. The molecule has 102 valence electrons. The average molecular weight is 387 g/mol. The molecule has 6 heteroatoms. The molecule has 0 aliphatic carbocycles. The topological polar surface area (TPSA) is 21.3 Å². The van der Waals surface area contributed by atoms with Crippen LogP contribution in [0.4, 0.5) is 8.78 Å². The molecule has 0 amide bonds. The predicted octanol–water partition coefficient (Wildman–Crippen LogP) is 4.56. The van der Waals surface area contributed by atoms with Crippen LogP contribution in [0.3, 0.4) is 0 Å². The van der Waals surface area contributed by atoms with E-state index in [1.807, 2.05) is 0 Å². The number of benzene rings is 1. The first-order valence-corrected chi connectivity index (χ1v) is 7.12. The van der Waals surface area contributed by atoms with Gasteiger partial charge in [0.2, 0.25) is 0 Å². The van der Waals surface area contributed by atoms with Crippen LogP contribution in [0.1, 0.15) is 19.4 Å². The van der Waals surface area contributed by atoms with Crippen LogP contribution < -0.4 is 10.1 Å². The molecule has 0 spiro atoms. The molecule has 0 atom stereocenters. The minimum atomic E-state index is -2.83. The number of hydrogen-bond acceptors (Lipinski definition) is 2. The summed E-state index contributed by atoms with van der Waals surface area (Å²) >= 11 is 6.46. The Balaban J connectivity index is 2.73. The normalized spacial score (nSPS) is 11.3. The maximum atomic E-state index is 12.2. The smallest absolute Gasteiger partial charge is 0.387 e. The molecule has 1 N–H and O–H groups in total. The number of alkyl halides is 2. The van der Waals surface area contributed by atoms with Gasteiger partial charge in [-0.15, -0.1) is 0 Å². The monoisotopic (exact) mass is 385 g/mol. The third kappa shape index (κ3) is 5.20. The lowest BCUT2D eigenvalue weighted by molar-refractivity contribution is -0.0508. The Morgan fingerprint density at radius 3 is 2.22 bits per heavy atom. The van der Waals surface area contributed by atoms with Crippen LogP contribution >= 0.6 is 31.9 Å². The van der Waals surface area contributed by atoms with Gasteiger partial charge in [0.25, 0.3) is 0 Å². The fourth-order valence-electron chi connectivity index (χ4n) is 1.42. The molecule has 0 saturated heterocycles. The van der Waals surface area contributed by atoms with Gasteiger partial charge in [-0.05, 0) is 62.0 Å². The lowest BCUT2D eigenvalue weighted by atomic mass is 10.2. The minimum absolute atomic E-state index is 0.123. The fourth-order valence-corrected chi connectivity index (χ4v) is 2.89. The van der Waals surface area contributed by atoms with Gasteiger partial charge in [0, 0.05) is 6.54 Å². The highest BCUT2D eigenvalue weighted by Gasteiger charge is 2.13. The largest absolute Gasteiger partial charge is 0.432 e. The van der Waals surface area contributed by atoms with Gasteiger partial charge < -0.3 is 10.1 Å². The quantitative estimate of drug-likeness (QED) is 0.773. The molecular formula is C12H15Br2F2NO. The summed E-state index contributed by atoms with van der Waals surface area (Å²) < 4.78 is 29.8. The van der Waals surface area contributed by atoms with Crippen LogP contribution in [0.2, 0.25) is 0 Å². The lowest BCUT2D eigenvalue weighted by Crippen LogP contribution is -2.19. The maximum absolute atomic E-state index is 12.2. The molecule has 0 aromatic heterocycles. The Hall–Kier alpha value is -0.200. The van der Waals surface area contributed by atoms with Crippen LogP contribution in [-0.2, 0) is 6.54 Å². The van der Waals surface area contributed by atoms with Crippen molar-refractivity contribution in [3.05, 3.63) is 26.6 Å². The molecule has 0 unspecified atom stereocenters. The molecule has 1 aromatic carbocycles. The summed E-state index contributed by atoms with van der Waals surface area (Å²) in [5.41, 5.74) is 0.996. The van der Waals surface area contributed by atoms with Crippen molar-refractivity contribution in [1.82, 2.24) is 5.32 Å². The van der Waals surface area contributed by atoms with Crippen molar-refractivity contribution in [2.45, 2.75) is 27.0 Å². The summed E-state index contributed by atoms with van der Waals surface area (Å²) in [6.07, 6.45) is 0. The molecule has 1 aromatic rings. The van der Waals surface area contributed by atoms with Crippen molar-refractivity contribution in [2.24, 2.45) is 5.92 Å². The summed E-state index contributed by atoms with van der Waals surface area (Å²) in [5.74, 6) is 0.691. The molecule has 0 radical (unpaired) electrons. The van der Waals surface area contributed by atoms with Crippen molar-refractivity contribution in [3.8, 4) is 5.75 Å². The van der Waals surface area contributed by atoms with Crippen LogP contribution in [-0.4, -0.2) is 13.2 Å². The third-order valence-corrected chi connectivity index (χ3v) is 3.32. The van der Waals surface area contributed by atoms with E-state index in [1.54, 1.807) is 12.1 Å². The van der Waals surface area contributed by atoms with Gasteiger partial charge in [0.05, 0.1) is 8.95 Å². The van der Waals surface area contributed by atoms with E-state index < -0.39 is 6.61 Å². The number of rotatable bonds is 6. The molecule has 0 aliphatic rings. The molecular weight excluding hydrogens is 372 g/mol. The van der Waals surface area contributed by atoms with Gasteiger partial charge in [0.1, 0.15) is 0 Å². The SMILES string of the molecule is CC(C)CNCc1cc(Br)c(OC(F)F)c(Br)c1. The summed E-state index contributed by atoms with van der Waals surface area (Å²) in [7, 11) is 0. The summed E-state index contributed by atoms with van der Waals surface area (Å²) in [5, 5.41) is 3.29. The fraction of sp³-hybridized carbons (Fsp3) is 0.500. The highest BCUT2D eigenvalue weighted by Crippen LogP contribution is 2.35. The second-order valence-electron chi connectivity index (χ2n) is 4.29. The Kier molecular flexibility index (Phi) is 6.52.